The average molecular weight is 248 g/mol. The summed E-state index contributed by atoms with van der Waals surface area (Å²) in [4.78, 5) is 33.6. The summed E-state index contributed by atoms with van der Waals surface area (Å²) in [6, 6.07) is 0. The third kappa shape index (κ3) is 5.71. The minimum absolute atomic E-state index is 0.100. The van der Waals surface area contributed by atoms with Crippen molar-refractivity contribution < 1.29 is 29.3 Å². The summed E-state index contributed by atoms with van der Waals surface area (Å²) in [5.74, 6) is -2.52. The molecule has 0 aliphatic heterocycles. The number of ether oxygens (including phenoxy) is 1. The Labute approximate surface area is 98.2 Å². The van der Waals surface area contributed by atoms with Crippen LogP contribution in [0, 0.1) is 0 Å². The van der Waals surface area contributed by atoms with E-state index in [0.717, 1.165) is 4.90 Å². The third-order valence-electron chi connectivity index (χ3n) is 1.87. The number of carboxylic acids is 2. The van der Waals surface area contributed by atoms with Gasteiger partial charge in [-0.1, -0.05) is 6.92 Å². The molecule has 8 heteroatoms. The molecule has 17 heavy (non-hydrogen) atoms. The second-order valence-corrected chi connectivity index (χ2v) is 3.06. The van der Waals surface area contributed by atoms with Crippen LogP contribution in [0.2, 0.25) is 0 Å². The van der Waals surface area contributed by atoms with Gasteiger partial charge in [0.25, 0.3) is 0 Å². The highest BCUT2D eigenvalue weighted by Gasteiger charge is 2.28. The highest BCUT2D eigenvalue weighted by Crippen LogP contribution is 1.97. The van der Waals surface area contributed by atoms with Gasteiger partial charge in [0.2, 0.25) is 0 Å². The zero-order valence-electron chi connectivity index (χ0n) is 9.67. The van der Waals surface area contributed by atoms with Crippen molar-refractivity contribution in [3.8, 4) is 0 Å². The second-order valence-electron chi connectivity index (χ2n) is 3.06. The van der Waals surface area contributed by atoms with Crippen LogP contribution < -0.4 is 5.32 Å². The molecule has 0 heterocycles. The number of amides is 1. The molecule has 0 aromatic carbocycles. The lowest BCUT2D eigenvalue weighted by Crippen LogP contribution is -2.54. The number of likely N-dealkylation sites (N-methyl/N-ethyl adjacent to an activating group) is 1. The van der Waals surface area contributed by atoms with Gasteiger partial charge in [0.1, 0.15) is 0 Å². The molecule has 0 aromatic rings. The number of carbonyl (C=O) groups excluding carboxylic acids is 1. The van der Waals surface area contributed by atoms with Crippen LogP contribution in [0.25, 0.3) is 0 Å². The first-order chi connectivity index (χ1) is 7.92. The van der Waals surface area contributed by atoms with Gasteiger partial charge in [-0.15, -0.1) is 0 Å². The number of alkyl carbamates (subject to hydrolysis) is 1. The molecular weight excluding hydrogens is 232 g/mol. The van der Waals surface area contributed by atoms with E-state index in [0.29, 0.717) is 0 Å². The van der Waals surface area contributed by atoms with E-state index in [4.69, 9.17) is 10.2 Å². The average Bonchev–Trinajstić information content (AvgIpc) is 2.22. The molecule has 0 aromatic heterocycles. The van der Waals surface area contributed by atoms with Crippen LogP contribution in [0.15, 0.2) is 0 Å². The third-order valence-corrected chi connectivity index (χ3v) is 1.87. The summed E-state index contributed by atoms with van der Waals surface area (Å²) in [5.41, 5.74) is 0. The molecule has 0 saturated carbocycles. The van der Waals surface area contributed by atoms with E-state index < -0.39 is 30.7 Å². The summed E-state index contributed by atoms with van der Waals surface area (Å²) in [5, 5.41) is 19.6. The maximum absolute atomic E-state index is 11.1. The maximum atomic E-state index is 11.1. The van der Waals surface area contributed by atoms with Crippen LogP contribution in [0.4, 0.5) is 4.79 Å². The van der Waals surface area contributed by atoms with Gasteiger partial charge in [-0.25, -0.2) is 9.59 Å². The SMILES string of the molecule is CCOC(=O)NC(C(=O)O)N(CC)CC(=O)O. The molecule has 0 spiro atoms. The Kier molecular flexibility index (Phi) is 6.64. The quantitative estimate of drug-likeness (QED) is 0.522. The van der Waals surface area contributed by atoms with Crippen molar-refractivity contribution >= 4 is 18.0 Å². The fraction of sp³-hybridized carbons (Fsp3) is 0.667. The first kappa shape index (κ1) is 15.2. The van der Waals surface area contributed by atoms with Crippen molar-refractivity contribution in [2.24, 2.45) is 0 Å². The van der Waals surface area contributed by atoms with Crippen molar-refractivity contribution in [3.05, 3.63) is 0 Å². The molecule has 0 radical (unpaired) electrons. The van der Waals surface area contributed by atoms with Crippen molar-refractivity contribution in [1.29, 1.82) is 0 Å². The molecule has 1 amide bonds. The maximum Gasteiger partial charge on any atom is 0.408 e. The molecule has 0 aliphatic carbocycles. The smallest absolute Gasteiger partial charge is 0.408 e. The van der Waals surface area contributed by atoms with Crippen LogP contribution >= 0.6 is 0 Å². The molecule has 1 unspecified atom stereocenters. The predicted octanol–water partition coefficient (Wildman–Crippen LogP) is -0.450. The number of nitrogens with zero attached hydrogens (tertiary/aromatic N) is 1. The highest BCUT2D eigenvalue weighted by atomic mass is 16.5. The molecule has 0 saturated heterocycles. The lowest BCUT2D eigenvalue weighted by molar-refractivity contribution is -0.147. The molecule has 1 atom stereocenters. The standard InChI is InChI=1S/C9H16N2O6/c1-3-11(5-6(12)13)7(8(14)15)10-9(16)17-4-2/h7H,3-5H2,1-2H3,(H,10,16)(H,12,13)(H,14,15). The monoisotopic (exact) mass is 248 g/mol. The molecule has 8 nitrogen and oxygen atoms in total. The van der Waals surface area contributed by atoms with Crippen molar-refractivity contribution in [2.75, 3.05) is 19.7 Å². The van der Waals surface area contributed by atoms with Gasteiger partial charge < -0.3 is 14.9 Å². The summed E-state index contributed by atoms with van der Waals surface area (Å²) in [6.07, 6.45) is -2.32. The number of hydrogen-bond acceptors (Lipinski definition) is 5. The molecule has 0 rings (SSSR count). The van der Waals surface area contributed by atoms with Gasteiger partial charge >= 0.3 is 18.0 Å². The Bertz CT molecular complexity index is 293. The number of hydrogen-bond donors (Lipinski definition) is 3. The van der Waals surface area contributed by atoms with Gasteiger partial charge in [0.15, 0.2) is 6.17 Å². The Morgan fingerprint density at radius 1 is 1.29 bits per heavy atom. The summed E-state index contributed by atoms with van der Waals surface area (Å²) < 4.78 is 4.53. The van der Waals surface area contributed by atoms with Crippen molar-refractivity contribution in [1.82, 2.24) is 10.2 Å². The number of nitrogens with one attached hydrogen (secondary N) is 1. The van der Waals surface area contributed by atoms with Crippen LogP contribution in [-0.4, -0.2) is 59.0 Å². The van der Waals surface area contributed by atoms with E-state index in [2.05, 4.69) is 10.1 Å². The normalized spacial score (nSPS) is 11.9. The fourth-order valence-corrected chi connectivity index (χ4v) is 1.15. The summed E-state index contributed by atoms with van der Waals surface area (Å²) in [6.45, 7) is 2.94. The van der Waals surface area contributed by atoms with E-state index in [1.54, 1.807) is 13.8 Å². The number of rotatable bonds is 7. The summed E-state index contributed by atoms with van der Waals surface area (Å²) in [7, 11) is 0. The topological polar surface area (TPSA) is 116 Å². The van der Waals surface area contributed by atoms with Crippen LogP contribution in [0.1, 0.15) is 13.8 Å². The Morgan fingerprint density at radius 2 is 1.88 bits per heavy atom. The van der Waals surface area contributed by atoms with Crippen LogP contribution in [0.3, 0.4) is 0 Å². The van der Waals surface area contributed by atoms with Gasteiger partial charge in [-0.2, -0.15) is 0 Å². The largest absolute Gasteiger partial charge is 0.480 e. The molecule has 0 bridgehead atoms. The van der Waals surface area contributed by atoms with Crippen molar-refractivity contribution in [3.63, 3.8) is 0 Å². The van der Waals surface area contributed by atoms with E-state index in [9.17, 15) is 14.4 Å². The van der Waals surface area contributed by atoms with Crippen LogP contribution in [0.5, 0.6) is 0 Å². The summed E-state index contributed by atoms with van der Waals surface area (Å²) >= 11 is 0. The first-order valence-corrected chi connectivity index (χ1v) is 5.04. The number of carboxylic acid groups (broad SMARTS) is 2. The van der Waals surface area contributed by atoms with E-state index >= 15 is 0 Å². The predicted molar refractivity (Wildman–Crippen MR) is 56.5 cm³/mol. The zero-order valence-corrected chi connectivity index (χ0v) is 9.67. The fourth-order valence-electron chi connectivity index (χ4n) is 1.15. The van der Waals surface area contributed by atoms with Gasteiger partial charge in [0.05, 0.1) is 13.2 Å². The first-order valence-electron chi connectivity index (χ1n) is 5.04. The second kappa shape index (κ2) is 7.44. The highest BCUT2D eigenvalue weighted by molar-refractivity contribution is 5.80. The van der Waals surface area contributed by atoms with E-state index in [1.807, 2.05) is 0 Å². The Hall–Kier alpha value is -1.83. The van der Waals surface area contributed by atoms with E-state index in [1.165, 1.54) is 0 Å². The van der Waals surface area contributed by atoms with Gasteiger partial charge in [-0.05, 0) is 13.5 Å². The lowest BCUT2D eigenvalue weighted by Gasteiger charge is -2.25. The Morgan fingerprint density at radius 3 is 2.24 bits per heavy atom. The van der Waals surface area contributed by atoms with E-state index in [-0.39, 0.29) is 13.2 Å². The molecule has 3 N–H and O–H groups in total. The number of aliphatic carboxylic acids is 2. The van der Waals surface area contributed by atoms with Crippen LogP contribution in [-0.2, 0) is 14.3 Å². The molecular formula is C9H16N2O6. The van der Waals surface area contributed by atoms with Gasteiger partial charge in [0, 0.05) is 0 Å². The minimum Gasteiger partial charge on any atom is -0.480 e. The minimum atomic E-state index is -1.42. The Balaban J connectivity index is 4.63. The zero-order chi connectivity index (χ0) is 13.4. The molecule has 0 aliphatic rings. The number of carbonyl (C=O) groups is 3. The van der Waals surface area contributed by atoms with Gasteiger partial charge in [-0.3, -0.25) is 15.0 Å². The molecule has 98 valence electrons. The molecule has 0 fully saturated rings. The van der Waals surface area contributed by atoms with Crippen molar-refractivity contribution in [2.45, 2.75) is 20.0 Å². The lowest BCUT2D eigenvalue weighted by atomic mass is 10.4.